The predicted octanol–water partition coefficient (Wildman–Crippen LogP) is 2.96. The number of nitrogens with zero attached hydrogens (tertiary/aromatic N) is 2. The molecule has 2 heterocycles. The lowest BCUT2D eigenvalue weighted by Crippen LogP contribution is -2.30. The third kappa shape index (κ3) is 3.55. The van der Waals surface area contributed by atoms with Crippen LogP contribution in [0.25, 0.3) is 11.8 Å². The summed E-state index contributed by atoms with van der Waals surface area (Å²) < 4.78 is 14.5. The maximum atomic E-state index is 13.1. The van der Waals surface area contributed by atoms with Crippen LogP contribution in [0, 0.1) is 5.82 Å². The Bertz CT molecular complexity index is 1190. The van der Waals surface area contributed by atoms with Gasteiger partial charge in [0.15, 0.2) is 0 Å². The summed E-state index contributed by atoms with van der Waals surface area (Å²) in [4.78, 5) is 39.0. The number of carbonyl (C=O) groups is 2. The van der Waals surface area contributed by atoms with E-state index < -0.39 is 17.8 Å². The summed E-state index contributed by atoms with van der Waals surface area (Å²) in [6.07, 6.45) is 1.94. The first kappa shape index (κ1) is 19.4. The fourth-order valence-electron chi connectivity index (χ4n) is 3.30. The molecule has 0 aliphatic carbocycles. The number of carbonyl (C=O) groups excluding carboxylic acids is 2. The lowest BCUT2D eigenvalue weighted by molar-refractivity contribution is -0.123. The van der Waals surface area contributed by atoms with Crippen LogP contribution in [-0.2, 0) is 17.8 Å². The number of hydrogen-bond acceptors (Lipinski definition) is 3. The van der Waals surface area contributed by atoms with Crippen LogP contribution in [0.15, 0.2) is 65.1 Å². The Morgan fingerprint density at radius 2 is 1.70 bits per heavy atom. The molecule has 0 saturated carbocycles. The van der Waals surface area contributed by atoms with Crippen LogP contribution in [0.4, 0.5) is 9.18 Å². The molecule has 152 valence electrons. The zero-order chi connectivity index (χ0) is 21.3. The molecule has 8 heteroatoms. The van der Waals surface area contributed by atoms with Crippen molar-refractivity contribution in [3.8, 4) is 5.69 Å². The third-order valence-corrected chi connectivity index (χ3v) is 4.88. The number of H-pyrrole nitrogens is 1. The van der Waals surface area contributed by atoms with Gasteiger partial charge in [0, 0.05) is 5.69 Å². The van der Waals surface area contributed by atoms with E-state index in [1.54, 1.807) is 12.1 Å². The van der Waals surface area contributed by atoms with Gasteiger partial charge in [0.05, 0.1) is 17.8 Å². The number of benzene rings is 2. The highest BCUT2D eigenvalue weighted by atomic mass is 19.1. The number of aryl methyl sites for hydroxylation is 1. The Labute approximate surface area is 171 Å². The average Bonchev–Trinajstić information content (AvgIpc) is 3.21. The van der Waals surface area contributed by atoms with E-state index in [0.29, 0.717) is 28.9 Å². The van der Waals surface area contributed by atoms with E-state index >= 15 is 0 Å². The number of hydrogen-bond donors (Lipinski definition) is 2. The first-order valence-corrected chi connectivity index (χ1v) is 9.46. The van der Waals surface area contributed by atoms with E-state index in [1.807, 2.05) is 25.1 Å². The molecule has 0 bridgehead atoms. The van der Waals surface area contributed by atoms with Crippen LogP contribution >= 0.6 is 0 Å². The van der Waals surface area contributed by atoms with Gasteiger partial charge in [0.25, 0.3) is 11.5 Å². The Balaban J connectivity index is 1.66. The molecule has 3 amide bonds. The number of aromatic amines is 1. The summed E-state index contributed by atoms with van der Waals surface area (Å²) in [7, 11) is 0. The van der Waals surface area contributed by atoms with Gasteiger partial charge in [-0.1, -0.05) is 37.3 Å². The number of imide groups is 1. The van der Waals surface area contributed by atoms with Gasteiger partial charge in [0.1, 0.15) is 11.5 Å². The second-order valence-electron chi connectivity index (χ2n) is 6.84. The Morgan fingerprint density at radius 3 is 2.37 bits per heavy atom. The zero-order valence-electron chi connectivity index (χ0n) is 16.2. The van der Waals surface area contributed by atoms with Gasteiger partial charge < -0.3 is 5.32 Å². The van der Waals surface area contributed by atoms with Crippen LogP contribution in [-0.4, -0.2) is 26.6 Å². The number of amides is 3. The minimum absolute atomic E-state index is 0.00427. The van der Waals surface area contributed by atoms with Crippen LogP contribution in [0.5, 0.6) is 0 Å². The van der Waals surface area contributed by atoms with Gasteiger partial charge in [-0.05, 0) is 42.3 Å². The molecule has 3 aromatic rings. The summed E-state index contributed by atoms with van der Waals surface area (Å²) in [6.45, 7) is 1.89. The third-order valence-electron chi connectivity index (χ3n) is 4.88. The smallest absolute Gasteiger partial charge is 0.303 e. The second kappa shape index (κ2) is 7.82. The molecule has 1 fully saturated rings. The van der Waals surface area contributed by atoms with Crippen LogP contribution in [0.1, 0.15) is 23.7 Å². The van der Waals surface area contributed by atoms with Crippen molar-refractivity contribution in [3.05, 3.63) is 93.3 Å². The minimum Gasteiger partial charge on any atom is -0.303 e. The van der Waals surface area contributed by atoms with E-state index in [0.717, 1.165) is 4.90 Å². The number of halogens is 1. The fourth-order valence-corrected chi connectivity index (χ4v) is 3.30. The number of para-hydroxylation sites is 1. The number of aromatic nitrogens is 2. The molecule has 0 atom stereocenters. The van der Waals surface area contributed by atoms with Gasteiger partial charge in [0.2, 0.25) is 0 Å². The molecule has 1 aliphatic rings. The predicted molar refractivity (Wildman–Crippen MR) is 109 cm³/mol. The molecule has 1 saturated heterocycles. The first-order chi connectivity index (χ1) is 14.5. The first-order valence-electron chi connectivity index (χ1n) is 9.46. The molecule has 4 rings (SSSR count). The van der Waals surface area contributed by atoms with Crippen LogP contribution in [0.3, 0.4) is 0 Å². The topological polar surface area (TPSA) is 87.2 Å². The molecule has 30 heavy (non-hydrogen) atoms. The largest absolute Gasteiger partial charge is 0.329 e. The molecule has 1 aliphatic heterocycles. The van der Waals surface area contributed by atoms with Crippen LogP contribution in [0.2, 0.25) is 0 Å². The summed E-state index contributed by atoms with van der Waals surface area (Å²) in [6, 6.07) is 14.0. The van der Waals surface area contributed by atoms with Gasteiger partial charge >= 0.3 is 6.03 Å². The van der Waals surface area contributed by atoms with E-state index in [1.165, 1.54) is 35.0 Å². The van der Waals surface area contributed by atoms with Gasteiger partial charge in [-0.15, -0.1) is 0 Å². The summed E-state index contributed by atoms with van der Waals surface area (Å²) in [5, 5.41) is 5.58. The van der Waals surface area contributed by atoms with E-state index in [4.69, 9.17) is 0 Å². The van der Waals surface area contributed by atoms with Crippen molar-refractivity contribution < 1.29 is 14.0 Å². The van der Waals surface area contributed by atoms with E-state index in [2.05, 4.69) is 10.4 Å². The lowest BCUT2D eigenvalue weighted by Gasteiger charge is -2.11. The van der Waals surface area contributed by atoms with E-state index in [9.17, 15) is 18.8 Å². The van der Waals surface area contributed by atoms with Gasteiger partial charge in [-0.3, -0.25) is 19.6 Å². The average molecular weight is 406 g/mol. The maximum absolute atomic E-state index is 13.1. The second-order valence-corrected chi connectivity index (χ2v) is 6.84. The summed E-state index contributed by atoms with van der Waals surface area (Å²) in [5.41, 5.74) is 1.95. The Morgan fingerprint density at radius 1 is 1.00 bits per heavy atom. The molecule has 0 unspecified atom stereocenters. The molecule has 7 nitrogen and oxygen atoms in total. The van der Waals surface area contributed by atoms with Crippen molar-refractivity contribution in [2.75, 3.05) is 0 Å². The molecule has 0 radical (unpaired) electrons. The fraction of sp³-hybridized carbons (Fsp3) is 0.136. The SMILES string of the molecule is CCc1[nH]n(-c2ccccc2)c(=O)c1C=C1NC(=O)N(Cc2ccc(F)cc2)C1=O. The molecular formula is C22H19FN4O3. The highest BCUT2D eigenvalue weighted by Gasteiger charge is 2.34. The number of nitrogens with one attached hydrogen (secondary N) is 2. The van der Waals surface area contributed by atoms with Crippen molar-refractivity contribution in [2.24, 2.45) is 0 Å². The normalized spacial score (nSPS) is 15.1. The zero-order valence-corrected chi connectivity index (χ0v) is 16.2. The number of rotatable bonds is 5. The minimum atomic E-state index is -0.590. The molecule has 2 aromatic carbocycles. The Kier molecular flexibility index (Phi) is 5.05. The summed E-state index contributed by atoms with van der Waals surface area (Å²) in [5.74, 6) is -0.941. The number of urea groups is 1. The molecular weight excluding hydrogens is 387 g/mol. The summed E-state index contributed by atoms with van der Waals surface area (Å²) >= 11 is 0. The standard InChI is InChI=1S/C22H19FN4O3/c1-2-18-17(20(28)27(25-18)16-6-4-3-5-7-16)12-19-21(29)26(22(30)24-19)13-14-8-10-15(23)11-9-14/h3-12,25H,2,13H2,1H3,(H,24,30). The monoisotopic (exact) mass is 406 g/mol. The highest BCUT2D eigenvalue weighted by Crippen LogP contribution is 2.18. The molecule has 0 spiro atoms. The lowest BCUT2D eigenvalue weighted by atomic mass is 10.1. The Hall–Kier alpha value is -3.94. The maximum Gasteiger partial charge on any atom is 0.329 e. The van der Waals surface area contributed by atoms with Gasteiger partial charge in [-0.25, -0.2) is 13.9 Å². The van der Waals surface area contributed by atoms with Crippen molar-refractivity contribution in [1.82, 2.24) is 20.0 Å². The molecule has 1 aromatic heterocycles. The quantitative estimate of drug-likeness (QED) is 0.505. The van der Waals surface area contributed by atoms with Crippen molar-refractivity contribution in [2.45, 2.75) is 19.9 Å². The highest BCUT2D eigenvalue weighted by molar-refractivity contribution is 6.13. The van der Waals surface area contributed by atoms with Gasteiger partial charge in [-0.2, -0.15) is 0 Å². The molecule has 2 N–H and O–H groups in total. The van der Waals surface area contributed by atoms with Crippen molar-refractivity contribution in [3.63, 3.8) is 0 Å². The van der Waals surface area contributed by atoms with Crippen LogP contribution < -0.4 is 10.9 Å². The van der Waals surface area contributed by atoms with E-state index in [-0.39, 0.29) is 17.8 Å². The van der Waals surface area contributed by atoms with Crippen molar-refractivity contribution in [1.29, 1.82) is 0 Å². The van der Waals surface area contributed by atoms with Crippen molar-refractivity contribution >= 4 is 18.0 Å².